The monoisotopic (exact) mass is 1190 g/mol. The van der Waals surface area contributed by atoms with E-state index in [0.29, 0.717) is 17.4 Å². The molecule has 494 valence electrons. The highest BCUT2D eigenvalue weighted by Gasteiger charge is 2.22. The highest BCUT2D eigenvalue weighted by atomic mass is 31.2. The molecule has 0 N–H and O–H groups in total. The Morgan fingerprint density at radius 1 is 0.361 bits per heavy atom. The number of unbranched alkanes of at least 4 members (excludes halogenated alkanes) is 54. The maximum atomic E-state index is 12.8. The molecule has 0 heterocycles. The molecule has 0 aromatic heterocycles. The maximum Gasteiger partial charge on any atom is 0.306 e. The van der Waals surface area contributed by atoms with Crippen LogP contribution >= 0.6 is 7.82 Å². The van der Waals surface area contributed by atoms with Crippen molar-refractivity contribution in [2.45, 2.75) is 399 Å². The summed E-state index contributed by atoms with van der Waals surface area (Å²) in [5.74, 6) is -0.813. The van der Waals surface area contributed by atoms with E-state index in [1.54, 1.807) is 0 Å². The van der Waals surface area contributed by atoms with Crippen LogP contribution in [0.1, 0.15) is 393 Å². The van der Waals surface area contributed by atoms with Crippen LogP contribution in [-0.2, 0) is 32.7 Å². The van der Waals surface area contributed by atoms with Crippen LogP contribution in [0.3, 0.4) is 0 Å². The first-order valence-corrected chi connectivity index (χ1v) is 38.4. The molecule has 0 spiro atoms. The number of phosphoric acid groups is 1. The number of rotatable bonds is 70. The fourth-order valence-electron chi connectivity index (χ4n) is 11.4. The summed E-state index contributed by atoms with van der Waals surface area (Å²) in [7, 11) is 1.19. The van der Waals surface area contributed by atoms with E-state index < -0.39 is 26.5 Å². The molecular formula is C73H144NO8P. The number of hydrogen-bond donors (Lipinski definition) is 0. The van der Waals surface area contributed by atoms with Crippen molar-refractivity contribution >= 4 is 19.8 Å². The van der Waals surface area contributed by atoms with Crippen molar-refractivity contribution in [3.8, 4) is 0 Å². The minimum absolute atomic E-state index is 0.0273. The second-order valence-corrected chi connectivity index (χ2v) is 28.1. The number of phosphoric ester groups is 1. The van der Waals surface area contributed by atoms with Gasteiger partial charge in [0.2, 0.25) is 0 Å². The molecule has 0 aliphatic carbocycles. The standard InChI is InChI=1S/C73H144NO8P/c1-6-8-10-12-14-16-18-20-22-24-26-27-28-29-30-31-32-33-34-35-36-37-38-39-40-41-42-43-44-45-46-48-49-51-53-55-57-59-61-63-65-72(75)79-69-71(70-81-83(77,78)80-68-67-74(3,4)5)82-73(76)66-64-62-60-58-56-54-52-50-47-25-23-21-19-17-15-13-11-9-7-2/h21,23,71H,6-20,22,24-70H2,1-5H3/b23-21-. The third-order valence-corrected chi connectivity index (χ3v) is 18.0. The Balaban J connectivity index is 3.84. The molecule has 0 radical (unpaired) electrons. The van der Waals surface area contributed by atoms with E-state index in [1.165, 1.54) is 321 Å². The van der Waals surface area contributed by atoms with E-state index in [2.05, 4.69) is 26.0 Å². The van der Waals surface area contributed by atoms with Crippen LogP contribution in [0, 0.1) is 0 Å². The van der Waals surface area contributed by atoms with Crippen LogP contribution in [0.15, 0.2) is 12.2 Å². The van der Waals surface area contributed by atoms with E-state index in [9.17, 15) is 19.0 Å². The van der Waals surface area contributed by atoms with Gasteiger partial charge in [-0.1, -0.05) is 353 Å². The van der Waals surface area contributed by atoms with Gasteiger partial charge in [0.15, 0.2) is 6.10 Å². The summed E-state index contributed by atoms with van der Waals surface area (Å²) in [5, 5.41) is 0. The Hall–Kier alpha value is -1.25. The lowest BCUT2D eigenvalue weighted by atomic mass is 10.0. The van der Waals surface area contributed by atoms with Crippen molar-refractivity contribution < 1.29 is 42.1 Å². The van der Waals surface area contributed by atoms with Gasteiger partial charge in [-0.05, 0) is 38.5 Å². The molecule has 0 saturated carbocycles. The summed E-state index contributed by atoms with van der Waals surface area (Å²) in [6, 6.07) is 0. The molecule has 0 aliphatic rings. The largest absolute Gasteiger partial charge is 0.756 e. The second-order valence-electron chi connectivity index (χ2n) is 26.7. The van der Waals surface area contributed by atoms with Crippen molar-refractivity contribution in [1.82, 2.24) is 0 Å². The molecule has 9 nitrogen and oxygen atoms in total. The van der Waals surface area contributed by atoms with Gasteiger partial charge in [0, 0.05) is 12.8 Å². The summed E-state index contributed by atoms with van der Waals surface area (Å²) in [4.78, 5) is 38.0. The van der Waals surface area contributed by atoms with Crippen molar-refractivity contribution in [3.63, 3.8) is 0 Å². The van der Waals surface area contributed by atoms with Gasteiger partial charge in [-0.15, -0.1) is 0 Å². The predicted molar refractivity (Wildman–Crippen MR) is 356 cm³/mol. The van der Waals surface area contributed by atoms with Gasteiger partial charge in [0.25, 0.3) is 7.82 Å². The van der Waals surface area contributed by atoms with Crippen LogP contribution < -0.4 is 4.89 Å². The lowest BCUT2D eigenvalue weighted by Crippen LogP contribution is -2.37. The lowest BCUT2D eigenvalue weighted by Gasteiger charge is -2.28. The average Bonchev–Trinajstić information content (AvgIpc) is 3.49. The molecule has 0 aromatic carbocycles. The van der Waals surface area contributed by atoms with Crippen LogP contribution in [0.25, 0.3) is 0 Å². The topological polar surface area (TPSA) is 111 Å². The summed E-state index contributed by atoms with van der Waals surface area (Å²) >= 11 is 0. The van der Waals surface area contributed by atoms with E-state index >= 15 is 0 Å². The molecular weight excluding hydrogens is 1050 g/mol. The Labute approximate surface area is 517 Å². The molecule has 0 fully saturated rings. The molecule has 0 saturated heterocycles. The Bertz CT molecular complexity index is 1400. The highest BCUT2D eigenvalue weighted by Crippen LogP contribution is 2.38. The molecule has 0 aromatic rings. The van der Waals surface area contributed by atoms with Gasteiger partial charge in [-0.25, -0.2) is 0 Å². The van der Waals surface area contributed by atoms with Crippen LogP contribution in [0.2, 0.25) is 0 Å². The first-order chi connectivity index (χ1) is 40.5. The van der Waals surface area contributed by atoms with E-state index in [1.807, 2.05) is 21.1 Å². The molecule has 0 rings (SSSR count). The van der Waals surface area contributed by atoms with E-state index in [0.717, 1.165) is 38.5 Å². The van der Waals surface area contributed by atoms with E-state index in [4.69, 9.17) is 18.5 Å². The highest BCUT2D eigenvalue weighted by molar-refractivity contribution is 7.45. The third kappa shape index (κ3) is 69.7. The summed E-state index contributed by atoms with van der Waals surface area (Å²) in [6.45, 7) is 4.31. The summed E-state index contributed by atoms with van der Waals surface area (Å²) < 4.78 is 34.3. The predicted octanol–water partition coefficient (Wildman–Crippen LogP) is 23.3. The minimum Gasteiger partial charge on any atom is -0.756 e. The Morgan fingerprint density at radius 3 is 0.892 bits per heavy atom. The minimum atomic E-state index is -4.64. The quantitative estimate of drug-likeness (QED) is 0.0195. The SMILES string of the molecule is CCCCCCCC/C=C\CCCCCCCCCCCC(=O)OC(COC(=O)CCCCCCCCCCCCCCCCCCCCCCCCCCCCCCCCCCCCCCCCCC)COP(=O)([O-])OCC[N+](C)(C)C. The molecule has 0 amide bonds. The fraction of sp³-hybridized carbons (Fsp3) is 0.945. The van der Waals surface area contributed by atoms with Gasteiger partial charge < -0.3 is 27.9 Å². The van der Waals surface area contributed by atoms with Gasteiger partial charge in [0.05, 0.1) is 27.7 Å². The molecule has 2 unspecified atom stereocenters. The molecule has 10 heteroatoms. The van der Waals surface area contributed by atoms with Crippen molar-refractivity contribution in [2.75, 3.05) is 47.5 Å². The van der Waals surface area contributed by atoms with E-state index in [-0.39, 0.29) is 32.0 Å². The molecule has 83 heavy (non-hydrogen) atoms. The normalized spacial score (nSPS) is 13.1. The number of allylic oxidation sites excluding steroid dienone is 2. The average molecular weight is 1190 g/mol. The zero-order chi connectivity index (χ0) is 60.5. The lowest BCUT2D eigenvalue weighted by molar-refractivity contribution is -0.870. The zero-order valence-corrected chi connectivity index (χ0v) is 57.3. The smallest absolute Gasteiger partial charge is 0.306 e. The summed E-state index contributed by atoms with van der Waals surface area (Å²) in [6.07, 6.45) is 80.5. The number of quaternary nitrogens is 1. The van der Waals surface area contributed by atoms with Crippen molar-refractivity contribution in [3.05, 3.63) is 12.2 Å². The number of esters is 2. The van der Waals surface area contributed by atoms with Gasteiger partial charge in [-0.3, -0.25) is 14.2 Å². The fourth-order valence-corrected chi connectivity index (χ4v) is 12.1. The zero-order valence-electron chi connectivity index (χ0n) is 56.4. The number of carbonyl (C=O) groups excluding carboxylic acids is 2. The van der Waals surface area contributed by atoms with Crippen molar-refractivity contribution in [2.24, 2.45) is 0 Å². The van der Waals surface area contributed by atoms with Gasteiger partial charge in [0.1, 0.15) is 19.8 Å². The van der Waals surface area contributed by atoms with Gasteiger partial charge >= 0.3 is 11.9 Å². The number of hydrogen-bond acceptors (Lipinski definition) is 8. The maximum absolute atomic E-state index is 12.8. The number of likely N-dealkylation sites (N-methyl/N-ethyl adjacent to an activating group) is 1. The van der Waals surface area contributed by atoms with Crippen LogP contribution in [0.4, 0.5) is 0 Å². The number of ether oxygens (including phenoxy) is 2. The Kier molecular flexibility index (Phi) is 64.2. The van der Waals surface area contributed by atoms with Gasteiger partial charge in [-0.2, -0.15) is 0 Å². The second kappa shape index (κ2) is 65.2. The Morgan fingerprint density at radius 2 is 0.614 bits per heavy atom. The molecule has 0 aliphatic heterocycles. The third-order valence-electron chi connectivity index (χ3n) is 17.0. The van der Waals surface area contributed by atoms with Crippen LogP contribution in [-0.4, -0.2) is 70.0 Å². The first-order valence-electron chi connectivity index (χ1n) is 36.9. The number of nitrogens with zero attached hydrogens (tertiary/aromatic N) is 1. The van der Waals surface area contributed by atoms with Crippen molar-refractivity contribution in [1.29, 1.82) is 0 Å². The first kappa shape index (κ1) is 81.8. The number of carbonyl (C=O) groups is 2. The van der Waals surface area contributed by atoms with Crippen LogP contribution in [0.5, 0.6) is 0 Å². The molecule has 0 bridgehead atoms. The molecule has 2 atom stereocenters. The summed E-state index contributed by atoms with van der Waals surface area (Å²) in [5.41, 5.74) is 0.